The Labute approximate surface area is 159 Å². The largest absolute Gasteiger partial charge is 0.459 e. The van der Waals surface area contributed by atoms with Gasteiger partial charge in [0.1, 0.15) is 0 Å². The third-order valence-electron chi connectivity index (χ3n) is 5.12. The molecule has 0 saturated carbocycles. The number of anilines is 2. The molecule has 2 aromatic rings. The van der Waals surface area contributed by atoms with E-state index in [-0.39, 0.29) is 17.6 Å². The fourth-order valence-electron chi connectivity index (χ4n) is 3.38. The van der Waals surface area contributed by atoms with Crippen molar-refractivity contribution < 1.29 is 14.0 Å². The van der Waals surface area contributed by atoms with E-state index >= 15 is 0 Å². The van der Waals surface area contributed by atoms with Gasteiger partial charge in [-0.05, 0) is 88.1 Å². The molecule has 2 N–H and O–H groups in total. The molecule has 1 saturated heterocycles. The van der Waals surface area contributed by atoms with Crippen LogP contribution in [0, 0.1) is 12.8 Å². The number of likely N-dealkylation sites (tertiary alicyclic amines) is 1. The lowest BCUT2D eigenvalue weighted by molar-refractivity contribution is -0.116. The predicted octanol–water partition coefficient (Wildman–Crippen LogP) is 3.90. The normalized spacial score (nSPS) is 15.5. The predicted molar refractivity (Wildman–Crippen MR) is 106 cm³/mol. The van der Waals surface area contributed by atoms with E-state index in [1.165, 1.54) is 19.1 Å². The van der Waals surface area contributed by atoms with Gasteiger partial charge in [0.25, 0.3) is 5.91 Å². The van der Waals surface area contributed by atoms with Crippen molar-refractivity contribution in [1.82, 2.24) is 4.90 Å². The lowest BCUT2D eigenvalue weighted by Gasteiger charge is -2.28. The Hall–Kier alpha value is -2.60. The van der Waals surface area contributed by atoms with Crippen LogP contribution in [0.4, 0.5) is 11.4 Å². The molecule has 0 atom stereocenters. The minimum atomic E-state index is -0.294. The first-order valence-electron chi connectivity index (χ1n) is 9.45. The number of amides is 2. The van der Waals surface area contributed by atoms with Crippen molar-refractivity contribution in [3.05, 3.63) is 47.9 Å². The van der Waals surface area contributed by atoms with Gasteiger partial charge in [-0.1, -0.05) is 0 Å². The number of aryl methyl sites for hydroxylation is 1. The molecular formula is C21H27N3O3. The van der Waals surface area contributed by atoms with Gasteiger partial charge in [-0.15, -0.1) is 0 Å². The van der Waals surface area contributed by atoms with Crippen LogP contribution in [0.25, 0.3) is 0 Å². The molecule has 6 heteroatoms. The SMILES string of the molecule is Cc1cc(NC(=O)CCC2CCN(C)CC2)ccc1NC(=O)c1ccco1. The Morgan fingerprint density at radius 3 is 2.63 bits per heavy atom. The number of piperidine rings is 1. The Morgan fingerprint density at radius 1 is 1.19 bits per heavy atom. The number of hydrogen-bond donors (Lipinski definition) is 2. The summed E-state index contributed by atoms with van der Waals surface area (Å²) in [5, 5.41) is 5.77. The number of furan rings is 1. The van der Waals surface area contributed by atoms with Crippen LogP contribution in [-0.2, 0) is 4.79 Å². The first kappa shape index (κ1) is 19.2. The van der Waals surface area contributed by atoms with Crippen LogP contribution in [0.5, 0.6) is 0 Å². The number of nitrogens with one attached hydrogen (secondary N) is 2. The summed E-state index contributed by atoms with van der Waals surface area (Å²) < 4.78 is 5.09. The molecule has 144 valence electrons. The third-order valence-corrected chi connectivity index (χ3v) is 5.12. The van der Waals surface area contributed by atoms with Gasteiger partial charge in [-0.25, -0.2) is 0 Å². The molecule has 2 heterocycles. The smallest absolute Gasteiger partial charge is 0.291 e. The molecule has 6 nitrogen and oxygen atoms in total. The number of nitrogens with zero attached hydrogens (tertiary/aromatic N) is 1. The summed E-state index contributed by atoms with van der Waals surface area (Å²) in [6.45, 7) is 4.14. The second kappa shape index (κ2) is 8.86. The molecule has 0 aliphatic carbocycles. The van der Waals surface area contributed by atoms with Crippen molar-refractivity contribution in [3.63, 3.8) is 0 Å². The molecule has 27 heavy (non-hydrogen) atoms. The number of rotatable bonds is 6. The quantitative estimate of drug-likeness (QED) is 0.810. The van der Waals surface area contributed by atoms with Gasteiger partial charge >= 0.3 is 0 Å². The number of carbonyl (C=O) groups is 2. The number of hydrogen-bond acceptors (Lipinski definition) is 4. The number of benzene rings is 1. The minimum absolute atomic E-state index is 0.0423. The molecule has 1 aliphatic heterocycles. The average molecular weight is 369 g/mol. The average Bonchev–Trinajstić information content (AvgIpc) is 3.18. The molecular weight excluding hydrogens is 342 g/mol. The maximum atomic E-state index is 12.2. The highest BCUT2D eigenvalue weighted by atomic mass is 16.3. The molecule has 0 radical (unpaired) electrons. The van der Waals surface area contributed by atoms with Crippen LogP contribution in [0.3, 0.4) is 0 Å². The van der Waals surface area contributed by atoms with Gasteiger partial charge in [0.2, 0.25) is 5.91 Å². The van der Waals surface area contributed by atoms with E-state index in [0.29, 0.717) is 18.0 Å². The highest BCUT2D eigenvalue weighted by molar-refractivity contribution is 6.02. The summed E-state index contributed by atoms with van der Waals surface area (Å²) in [5.74, 6) is 0.660. The van der Waals surface area contributed by atoms with Gasteiger partial charge in [-0.3, -0.25) is 9.59 Å². The maximum absolute atomic E-state index is 12.2. The molecule has 1 aliphatic rings. The molecule has 0 spiro atoms. The summed E-state index contributed by atoms with van der Waals surface area (Å²) in [5.41, 5.74) is 2.32. The molecule has 3 rings (SSSR count). The zero-order valence-electron chi connectivity index (χ0n) is 16.0. The molecule has 0 bridgehead atoms. The molecule has 1 aromatic carbocycles. The van der Waals surface area contributed by atoms with Crippen molar-refractivity contribution >= 4 is 23.2 Å². The fraction of sp³-hybridized carbons (Fsp3) is 0.429. The zero-order chi connectivity index (χ0) is 19.2. The van der Waals surface area contributed by atoms with Gasteiger partial charge in [0, 0.05) is 17.8 Å². The summed E-state index contributed by atoms with van der Waals surface area (Å²) >= 11 is 0. The lowest BCUT2D eigenvalue weighted by atomic mass is 9.92. The van der Waals surface area contributed by atoms with Crippen LogP contribution >= 0.6 is 0 Å². The van der Waals surface area contributed by atoms with E-state index in [2.05, 4.69) is 22.6 Å². The highest BCUT2D eigenvalue weighted by Gasteiger charge is 2.17. The van der Waals surface area contributed by atoms with Gasteiger partial charge in [0.15, 0.2) is 5.76 Å². The van der Waals surface area contributed by atoms with Crippen molar-refractivity contribution in [1.29, 1.82) is 0 Å². The van der Waals surface area contributed by atoms with Crippen molar-refractivity contribution in [2.24, 2.45) is 5.92 Å². The first-order valence-corrected chi connectivity index (χ1v) is 9.45. The van der Waals surface area contributed by atoms with Gasteiger partial charge < -0.3 is 20.0 Å². The third kappa shape index (κ3) is 5.44. The van der Waals surface area contributed by atoms with Crippen LogP contribution in [0.15, 0.2) is 41.0 Å². The van der Waals surface area contributed by atoms with E-state index in [9.17, 15) is 9.59 Å². The van der Waals surface area contributed by atoms with Crippen molar-refractivity contribution in [3.8, 4) is 0 Å². The monoisotopic (exact) mass is 369 g/mol. The Morgan fingerprint density at radius 2 is 1.96 bits per heavy atom. The number of carbonyl (C=O) groups excluding carboxylic acids is 2. The minimum Gasteiger partial charge on any atom is -0.459 e. The van der Waals surface area contributed by atoms with Gasteiger partial charge in [-0.2, -0.15) is 0 Å². The van der Waals surface area contributed by atoms with E-state index < -0.39 is 0 Å². The van der Waals surface area contributed by atoms with Crippen molar-refractivity contribution in [2.75, 3.05) is 30.8 Å². The molecule has 1 aromatic heterocycles. The second-order valence-electron chi connectivity index (χ2n) is 7.29. The fourth-order valence-corrected chi connectivity index (χ4v) is 3.38. The molecule has 0 unspecified atom stereocenters. The summed E-state index contributed by atoms with van der Waals surface area (Å²) in [4.78, 5) is 26.7. The van der Waals surface area contributed by atoms with Crippen LogP contribution in [0.1, 0.15) is 41.8 Å². The lowest BCUT2D eigenvalue weighted by Crippen LogP contribution is -2.30. The van der Waals surface area contributed by atoms with E-state index in [1.807, 2.05) is 13.0 Å². The Bertz CT molecular complexity index is 778. The first-order chi connectivity index (χ1) is 13.0. The van der Waals surface area contributed by atoms with E-state index in [4.69, 9.17) is 4.42 Å². The standard InChI is InChI=1S/C21H27N3O3/c1-15-14-17(6-7-18(15)23-21(26)19-4-3-13-27-19)22-20(25)8-5-16-9-11-24(2)12-10-16/h3-4,6-7,13-14,16H,5,8-12H2,1-2H3,(H,22,25)(H,23,26). The van der Waals surface area contributed by atoms with Crippen molar-refractivity contribution in [2.45, 2.75) is 32.6 Å². The van der Waals surface area contributed by atoms with E-state index in [0.717, 1.165) is 30.8 Å². The summed E-state index contributed by atoms with van der Waals surface area (Å²) in [7, 11) is 2.14. The summed E-state index contributed by atoms with van der Waals surface area (Å²) in [6, 6.07) is 8.75. The Balaban J connectivity index is 1.49. The Kier molecular flexibility index (Phi) is 6.29. The molecule has 2 amide bonds. The molecule has 1 fully saturated rings. The highest BCUT2D eigenvalue weighted by Crippen LogP contribution is 2.23. The van der Waals surface area contributed by atoms with Crippen LogP contribution in [0.2, 0.25) is 0 Å². The zero-order valence-corrected chi connectivity index (χ0v) is 16.0. The van der Waals surface area contributed by atoms with Crippen LogP contribution < -0.4 is 10.6 Å². The second-order valence-corrected chi connectivity index (χ2v) is 7.29. The van der Waals surface area contributed by atoms with Gasteiger partial charge in [0.05, 0.1) is 6.26 Å². The summed E-state index contributed by atoms with van der Waals surface area (Å²) in [6.07, 6.45) is 5.30. The topological polar surface area (TPSA) is 74.6 Å². The maximum Gasteiger partial charge on any atom is 0.291 e. The van der Waals surface area contributed by atoms with Crippen LogP contribution in [-0.4, -0.2) is 36.9 Å². The van der Waals surface area contributed by atoms with E-state index in [1.54, 1.807) is 24.3 Å².